The summed E-state index contributed by atoms with van der Waals surface area (Å²) in [5, 5.41) is 19.6. The van der Waals surface area contributed by atoms with Crippen molar-refractivity contribution < 1.29 is 41.4 Å². The smallest absolute Gasteiger partial charge is 0.390 e. The largest absolute Gasteiger partial charge is 0.429 e. The molecule has 2 aliphatic carbocycles. The molecule has 0 amide bonds. The van der Waals surface area contributed by atoms with E-state index in [-0.39, 0.29) is 35.5 Å². The molecule has 33 heavy (non-hydrogen) atoms. The Morgan fingerprint density at radius 1 is 1.00 bits per heavy atom. The van der Waals surface area contributed by atoms with E-state index in [0.29, 0.717) is 38.5 Å². The van der Waals surface area contributed by atoms with Gasteiger partial charge in [0.05, 0.1) is 5.60 Å². The van der Waals surface area contributed by atoms with Crippen molar-refractivity contribution in [1.29, 1.82) is 0 Å². The highest BCUT2D eigenvalue weighted by molar-refractivity contribution is 5.83. The normalized spacial score (nSPS) is 29.4. The van der Waals surface area contributed by atoms with E-state index in [1.54, 1.807) is 13.8 Å². The molecule has 3 nitrogen and oxygen atoms in total. The molecule has 2 aliphatic rings. The highest BCUT2D eigenvalue weighted by Gasteiger charge is 2.69. The number of hydrogen-bond donors (Lipinski definition) is 2. The minimum atomic E-state index is -5.90. The molecule has 9 heteroatoms. The summed E-state index contributed by atoms with van der Waals surface area (Å²) in [5.41, 5.74) is -6.93. The average Bonchev–Trinajstić information content (AvgIpc) is 2.97. The Morgan fingerprint density at radius 2 is 1.58 bits per heavy atom. The van der Waals surface area contributed by atoms with Gasteiger partial charge in [0.25, 0.3) is 5.60 Å². The Hall–Kier alpha value is -1.09. The lowest BCUT2D eigenvalue weighted by molar-refractivity contribution is -0.347. The lowest BCUT2D eigenvalue weighted by Crippen LogP contribution is -2.55. The lowest BCUT2D eigenvalue weighted by atomic mass is 9.56. The van der Waals surface area contributed by atoms with E-state index in [1.165, 1.54) is 0 Å². The second-order valence-electron chi connectivity index (χ2n) is 11.2. The standard InChI is InChI=1S/C24H36F6O3/c1-19(2,32)11-6-12-20(3,13-7-15-22(33,23(25,26)27)24(28,29)30)18-10-9-16-17(31)8-5-14-21(16,18)4/h7,15-16,18,32-33H,5-6,8-14H2,1-4H3/b15-7-/t16?,18?,20-,21+/m1/s1. The maximum atomic E-state index is 13.1. The van der Waals surface area contributed by atoms with E-state index >= 15 is 0 Å². The second kappa shape index (κ2) is 9.17. The van der Waals surface area contributed by atoms with Crippen LogP contribution in [0.5, 0.6) is 0 Å². The molecule has 0 heterocycles. The second-order valence-corrected chi connectivity index (χ2v) is 11.2. The van der Waals surface area contributed by atoms with E-state index in [1.807, 2.05) is 13.8 Å². The van der Waals surface area contributed by atoms with E-state index < -0.39 is 29.0 Å². The molecule has 4 atom stereocenters. The van der Waals surface area contributed by atoms with Crippen molar-refractivity contribution in [2.45, 2.75) is 109 Å². The van der Waals surface area contributed by atoms with E-state index in [0.717, 1.165) is 18.9 Å². The van der Waals surface area contributed by atoms with E-state index in [2.05, 4.69) is 0 Å². The number of ketones is 1. The predicted octanol–water partition coefficient (Wildman–Crippen LogP) is 6.52. The van der Waals surface area contributed by atoms with Crippen molar-refractivity contribution in [2.24, 2.45) is 22.7 Å². The van der Waals surface area contributed by atoms with Gasteiger partial charge in [0.1, 0.15) is 5.78 Å². The van der Waals surface area contributed by atoms with Crippen molar-refractivity contribution in [3.8, 4) is 0 Å². The van der Waals surface area contributed by atoms with E-state index in [9.17, 15) is 41.4 Å². The summed E-state index contributed by atoms with van der Waals surface area (Å²) < 4.78 is 78.6. The molecule has 2 N–H and O–H groups in total. The molecule has 0 aromatic heterocycles. The third-order valence-corrected chi connectivity index (χ3v) is 8.05. The molecular weight excluding hydrogens is 450 g/mol. The summed E-state index contributed by atoms with van der Waals surface area (Å²) in [6.45, 7) is 7.15. The van der Waals surface area contributed by atoms with Gasteiger partial charge in [0.15, 0.2) is 0 Å². The third kappa shape index (κ3) is 5.77. The van der Waals surface area contributed by atoms with Gasteiger partial charge in [-0.15, -0.1) is 0 Å². The van der Waals surface area contributed by atoms with Crippen LogP contribution >= 0.6 is 0 Å². The number of allylic oxidation sites excluding steroid dienone is 1. The van der Waals surface area contributed by atoms with Crippen molar-refractivity contribution in [1.82, 2.24) is 0 Å². The third-order valence-electron chi connectivity index (χ3n) is 8.05. The minimum absolute atomic E-state index is 0.0735. The molecule has 2 rings (SSSR count). The summed E-state index contributed by atoms with van der Waals surface area (Å²) in [6.07, 6.45) is -6.52. The Kier molecular flexibility index (Phi) is 7.82. The summed E-state index contributed by atoms with van der Waals surface area (Å²) in [7, 11) is 0. The SMILES string of the molecule is CC(C)(O)CCC[C@](C)(C/C=C\C(O)(C(F)(F)F)C(F)(F)F)C1CCC2C(=O)CCC[C@@]21C. The fourth-order valence-electron chi connectivity index (χ4n) is 6.27. The Balaban J connectivity index is 2.36. The molecule has 0 radical (unpaired) electrons. The fraction of sp³-hybridized carbons (Fsp3) is 0.875. The van der Waals surface area contributed by atoms with Crippen LogP contribution in [0.15, 0.2) is 12.2 Å². The van der Waals surface area contributed by atoms with Gasteiger partial charge in [-0.05, 0) is 81.6 Å². The molecule has 2 fully saturated rings. The van der Waals surface area contributed by atoms with Gasteiger partial charge >= 0.3 is 12.4 Å². The van der Waals surface area contributed by atoms with Gasteiger partial charge in [0, 0.05) is 12.3 Å². The zero-order chi connectivity index (χ0) is 25.5. The van der Waals surface area contributed by atoms with Gasteiger partial charge in [-0.1, -0.05) is 26.3 Å². The quantitative estimate of drug-likeness (QED) is 0.303. The monoisotopic (exact) mass is 486 g/mol. The summed E-state index contributed by atoms with van der Waals surface area (Å²) >= 11 is 0. The maximum Gasteiger partial charge on any atom is 0.429 e. The van der Waals surface area contributed by atoms with Gasteiger partial charge in [-0.3, -0.25) is 4.79 Å². The maximum absolute atomic E-state index is 13.1. The highest BCUT2D eigenvalue weighted by Crippen LogP contribution is 2.61. The molecule has 0 aliphatic heterocycles. The number of alkyl halides is 6. The van der Waals surface area contributed by atoms with Gasteiger partial charge in [0.2, 0.25) is 0 Å². The van der Waals surface area contributed by atoms with Gasteiger partial charge < -0.3 is 10.2 Å². The zero-order valence-electron chi connectivity index (χ0n) is 19.7. The number of carbonyl (C=O) groups excluding carboxylic acids is 1. The number of rotatable bonds is 8. The van der Waals surface area contributed by atoms with Crippen molar-refractivity contribution in [3.05, 3.63) is 12.2 Å². The molecule has 2 saturated carbocycles. The Labute approximate surface area is 191 Å². The number of fused-ring (bicyclic) bond motifs is 1. The zero-order valence-corrected chi connectivity index (χ0v) is 19.7. The molecule has 0 aromatic rings. The predicted molar refractivity (Wildman–Crippen MR) is 112 cm³/mol. The van der Waals surface area contributed by atoms with E-state index in [4.69, 9.17) is 0 Å². The van der Waals surface area contributed by atoms with Gasteiger partial charge in [-0.2, -0.15) is 26.3 Å². The van der Waals surface area contributed by atoms with Crippen LogP contribution in [-0.2, 0) is 4.79 Å². The number of aliphatic hydroxyl groups is 2. The van der Waals surface area contributed by atoms with Crippen LogP contribution in [-0.4, -0.2) is 39.6 Å². The summed E-state index contributed by atoms with van der Waals surface area (Å²) in [4.78, 5) is 12.5. The average molecular weight is 487 g/mol. The first-order valence-corrected chi connectivity index (χ1v) is 11.6. The Bertz CT molecular complexity index is 722. The van der Waals surface area contributed by atoms with Crippen LogP contribution in [0.25, 0.3) is 0 Å². The number of carbonyl (C=O) groups is 1. The molecule has 0 bridgehead atoms. The molecular formula is C24H36F6O3. The van der Waals surface area contributed by atoms with Crippen LogP contribution in [0, 0.1) is 22.7 Å². The van der Waals surface area contributed by atoms with Crippen LogP contribution in [0.1, 0.15) is 85.5 Å². The van der Waals surface area contributed by atoms with Crippen LogP contribution in [0.3, 0.4) is 0 Å². The lowest BCUT2D eigenvalue weighted by Gasteiger charge is -2.48. The topological polar surface area (TPSA) is 57.5 Å². The number of Topliss-reactive ketones (excluding diaryl/α,β-unsaturated/α-hetero) is 1. The first-order chi connectivity index (χ1) is 14.8. The molecule has 0 spiro atoms. The Morgan fingerprint density at radius 3 is 2.09 bits per heavy atom. The molecule has 0 saturated heterocycles. The summed E-state index contributed by atoms with van der Waals surface area (Å²) in [5.74, 6) is -0.0316. The first kappa shape index (κ1) is 28.1. The fourth-order valence-corrected chi connectivity index (χ4v) is 6.27. The molecule has 2 unspecified atom stereocenters. The summed E-state index contributed by atoms with van der Waals surface area (Å²) in [6, 6.07) is 0. The molecule has 192 valence electrons. The van der Waals surface area contributed by atoms with Crippen molar-refractivity contribution >= 4 is 5.78 Å². The van der Waals surface area contributed by atoms with Crippen molar-refractivity contribution in [2.75, 3.05) is 0 Å². The van der Waals surface area contributed by atoms with Crippen LogP contribution in [0.4, 0.5) is 26.3 Å². The van der Waals surface area contributed by atoms with Gasteiger partial charge in [-0.25, -0.2) is 0 Å². The minimum Gasteiger partial charge on any atom is -0.390 e. The number of halogens is 6. The molecule has 0 aromatic carbocycles. The van der Waals surface area contributed by atoms with Crippen LogP contribution in [0.2, 0.25) is 0 Å². The van der Waals surface area contributed by atoms with Crippen molar-refractivity contribution in [3.63, 3.8) is 0 Å². The van der Waals surface area contributed by atoms with Crippen LogP contribution < -0.4 is 0 Å². The highest BCUT2D eigenvalue weighted by atomic mass is 19.4. The number of hydrogen-bond acceptors (Lipinski definition) is 3. The first-order valence-electron chi connectivity index (χ1n) is 11.6.